The van der Waals surface area contributed by atoms with Crippen molar-refractivity contribution in [3.05, 3.63) is 0 Å². The minimum Gasteiger partial charge on any atom is -0.391 e. The Morgan fingerprint density at radius 3 is 2.00 bits per heavy atom. The van der Waals surface area contributed by atoms with Crippen LogP contribution in [0.4, 0.5) is 0 Å². The van der Waals surface area contributed by atoms with E-state index < -0.39 is 0 Å². The number of rotatable bonds is 1. The van der Waals surface area contributed by atoms with Gasteiger partial charge >= 0.3 is 0 Å². The first kappa shape index (κ1) is 17.3. The zero-order chi connectivity index (χ0) is 15.1. The monoisotopic (exact) mass is 295 g/mol. The summed E-state index contributed by atoms with van der Waals surface area (Å²) in [5, 5.41) is 10.7. The van der Waals surface area contributed by atoms with E-state index in [1.165, 1.54) is 83.7 Å². The summed E-state index contributed by atoms with van der Waals surface area (Å²) in [6, 6.07) is 0.420. The molecule has 0 spiro atoms. The van der Waals surface area contributed by atoms with Gasteiger partial charge in [-0.15, -0.1) is 0 Å². The van der Waals surface area contributed by atoms with Crippen molar-refractivity contribution in [2.45, 2.75) is 103 Å². The smallest absolute Gasteiger partial charge is 0.0695 e. The summed E-state index contributed by atoms with van der Waals surface area (Å²) < 4.78 is 0. The maximum atomic E-state index is 10.7. The first-order chi connectivity index (χ1) is 10.1. The largest absolute Gasteiger partial charge is 0.391 e. The number of nitrogens with zero attached hydrogens (tertiary/aromatic N) is 1. The normalized spacial score (nSPS) is 33.9. The standard InChI is InChI=1S/C19H37NO/c1-19(2)14-11-15-20(16-19)17-12-9-7-5-3-4-6-8-10-13-18(17)21/h17-18,21H,3-16H2,1-2H3. The molecular weight excluding hydrogens is 258 g/mol. The van der Waals surface area contributed by atoms with Gasteiger partial charge in [-0.25, -0.2) is 0 Å². The van der Waals surface area contributed by atoms with E-state index in [1.807, 2.05) is 0 Å². The maximum Gasteiger partial charge on any atom is 0.0695 e. The zero-order valence-electron chi connectivity index (χ0n) is 14.4. The lowest BCUT2D eigenvalue weighted by Crippen LogP contribution is -2.50. The van der Waals surface area contributed by atoms with E-state index in [0.29, 0.717) is 11.5 Å². The lowest BCUT2D eigenvalue weighted by atomic mass is 9.82. The molecule has 21 heavy (non-hydrogen) atoms. The van der Waals surface area contributed by atoms with Crippen LogP contribution in [-0.2, 0) is 0 Å². The molecule has 1 N–H and O–H groups in total. The van der Waals surface area contributed by atoms with E-state index in [9.17, 15) is 5.11 Å². The molecular formula is C19H37NO. The van der Waals surface area contributed by atoms with Gasteiger partial charge in [0.15, 0.2) is 0 Å². The van der Waals surface area contributed by atoms with Gasteiger partial charge < -0.3 is 5.11 Å². The third-order valence-corrected chi connectivity index (χ3v) is 5.59. The van der Waals surface area contributed by atoms with Gasteiger partial charge in [0.2, 0.25) is 0 Å². The fourth-order valence-corrected chi connectivity index (χ4v) is 4.33. The van der Waals surface area contributed by atoms with Crippen LogP contribution >= 0.6 is 0 Å². The van der Waals surface area contributed by atoms with Crippen LogP contribution in [0, 0.1) is 5.41 Å². The fourth-order valence-electron chi connectivity index (χ4n) is 4.33. The molecule has 0 radical (unpaired) electrons. The lowest BCUT2D eigenvalue weighted by Gasteiger charge is -2.44. The molecule has 2 heteroatoms. The molecule has 2 nitrogen and oxygen atoms in total. The van der Waals surface area contributed by atoms with Gasteiger partial charge in [-0.05, 0) is 37.6 Å². The third kappa shape index (κ3) is 5.90. The molecule has 2 aliphatic rings. The second-order valence-corrected chi connectivity index (χ2v) is 8.28. The molecule has 0 aromatic heterocycles. The summed E-state index contributed by atoms with van der Waals surface area (Å²) in [4.78, 5) is 2.62. The van der Waals surface area contributed by atoms with Crippen LogP contribution in [0.15, 0.2) is 0 Å². The Morgan fingerprint density at radius 2 is 1.38 bits per heavy atom. The molecule has 0 amide bonds. The van der Waals surface area contributed by atoms with Gasteiger partial charge in [-0.1, -0.05) is 65.2 Å². The van der Waals surface area contributed by atoms with Crippen molar-refractivity contribution in [1.29, 1.82) is 0 Å². The predicted molar refractivity (Wildman–Crippen MR) is 90.6 cm³/mol. The minimum atomic E-state index is -0.0988. The van der Waals surface area contributed by atoms with Crippen LogP contribution in [0.25, 0.3) is 0 Å². The highest BCUT2D eigenvalue weighted by Crippen LogP contribution is 2.32. The van der Waals surface area contributed by atoms with Gasteiger partial charge in [-0.3, -0.25) is 4.90 Å². The first-order valence-electron chi connectivity index (χ1n) is 9.51. The summed E-state index contributed by atoms with van der Waals surface area (Å²) in [5.74, 6) is 0. The Kier molecular flexibility index (Phi) is 7.01. The Morgan fingerprint density at radius 1 is 0.810 bits per heavy atom. The van der Waals surface area contributed by atoms with Gasteiger partial charge in [-0.2, -0.15) is 0 Å². The average Bonchev–Trinajstić information content (AvgIpc) is 2.41. The number of likely N-dealkylation sites (tertiary alicyclic amines) is 1. The van der Waals surface area contributed by atoms with Crippen molar-refractivity contribution in [3.8, 4) is 0 Å². The first-order valence-corrected chi connectivity index (χ1v) is 9.51. The zero-order valence-corrected chi connectivity index (χ0v) is 14.4. The number of aliphatic hydroxyl groups is 1. The highest BCUT2D eigenvalue weighted by Gasteiger charge is 2.33. The van der Waals surface area contributed by atoms with E-state index >= 15 is 0 Å². The summed E-state index contributed by atoms with van der Waals surface area (Å²) in [5.41, 5.74) is 0.432. The Bertz CT molecular complexity index is 289. The van der Waals surface area contributed by atoms with Crippen molar-refractivity contribution in [1.82, 2.24) is 4.90 Å². The van der Waals surface area contributed by atoms with E-state index in [4.69, 9.17) is 0 Å². The van der Waals surface area contributed by atoms with Gasteiger partial charge in [0.25, 0.3) is 0 Å². The van der Waals surface area contributed by atoms with Crippen LogP contribution in [0.2, 0.25) is 0 Å². The van der Waals surface area contributed by atoms with Crippen molar-refractivity contribution in [2.24, 2.45) is 5.41 Å². The second kappa shape index (κ2) is 8.53. The predicted octanol–water partition coefficient (Wildman–Crippen LogP) is 4.75. The topological polar surface area (TPSA) is 23.5 Å². The Hall–Kier alpha value is -0.0800. The molecule has 0 bridgehead atoms. The number of aliphatic hydroxyl groups excluding tert-OH is 1. The summed E-state index contributed by atoms with van der Waals surface area (Å²) >= 11 is 0. The highest BCUT2D eigenvalue weighted by atomic mass is 16.3. The average molecular weight is 296 g/mol. The summed E-state index contributed by atoms with van der Waals surface area (Å²) in [6.45, 7) is 7.15. The van der Waals surface area contributed by atoms with E-state index in [-0.39, 0.29) is 6.10 Å². The molecule has 124 valence electrons. The van der Waals surface area contributed by atoms with Gasteiger partial charge in [0, 0.05) is 12.6 Å². The quantitative estimate of drug-likeness (QED) is 0.754. The molecule has 1 aliphatic heterocycles. The molecule has 1 saturated carbocycles. The lowest BCUT2D eigenvalue weighted by molar-refractivity contribution is -0.00293. The second-order valence-electron chi connectivity index (χ2n) is 8.28. The van der Waals surface area contributed by atoms with Gasteiger partial charge in [0.05, 0.1) is 6.10 Å². The molecule has 0 aromatic rings. The van der Waals surface area contributed by atoms with Gasteiger partial charge in [0.1, 0.15) is 0 Å². The van der Waals surface area contributed by atoms with Crippen LogP contribution < -0.4 is 0 Å². The van der Waals surface area contributed by atoms with Crippen molar-refractivity contribution in [2.75, 3.05) is 13.1 Å². The Labute approximate surface area is 132 Å². The molecule has 2 unspecified atom stereocenters. The summed E-state index contributed by atoms with van der Waals surface area (Å²) in [6.07, 6.45) is 15.6. The molecule has 2 atom stereocenters. The number of hydrogen-bond donors (Lipinski definition) is 1. The van der Waals surface area contributed by atoms with E-state index in [1.54, 1.807) is 0 Å². The third-order valence-electron chi connectivity index (χ3n) is 5.59. The van der Waals surface area contributed by atoms with Crippen LogP contribution in [-0.4, -0.2) is 35.2 Å². The van der Waals surface area contributed by atoms with Crippen LogP contribution in [0.1, 0.15) is 90.9 Å². The van der Waals surface area contributed by atoms with Crippen LogP contribution in [0.5, 0.6) is 0 Å². The van der Waals surface area contributed by atoms with Crippen LogP contribution in [0.3, 0.4) is 0 Å². The van der Waals surface area contributed by atoms with E-state index in [2.05, 4.69) is 18.7 Å². The molecule has 1 saturated heterocycles. The maximum absolute atomic E-state index is 10.7. The molecule has 1 heterocycles. The van der Waals surface area contributed by atoms with Crippen molar-refractivity contribution in [3.63, 3.8) is 0 Å². The van der Waals surface area contributed by atoms with Crippen molar-refractivity contribution < 1.29 is 5.11 Å². The minimum absolute atomic E-state index is 0.0988. The molecule has 1 aliphatic carbocycles. The highest BCUT2D eigenvalue weighted by molar-refractivity contribution is 4.87. The molecule has 2 rings (SSSR count). The Balaban J connectivity index is 1.94. The SMILES string of the molecule is CC1(C)CCCN(C2CCCCCCCCCCC2O)C1. The number of hydrogen-bond acceptors (Lipinski definition) is 2. The summed E-state index contributed by atoms with van der Waals surface area (Å²) in [7, 11) is 0. The van der Waals surface area contributed by atoms with E-state index in [0.717, 1.165) is 6.42 Å². The fraction of sp³-hybridized carbons (Fsp3) is 1.00. The number of piperidine rings is 1. The molecule has 0 aromatic carbocycles. The van der Waals surface area contributed by atoms with Crippen molar-refractivity contribution >= 4 is 0 Å². The molecule has 2 fully saturated rings.